The normalized spacial score (nSPS) is 36.1. The Labute approximate surface area is 181 Å². The molecule has 1 aromatic carbocycles. The van der Waals surface area contributed by atoms with Gasteiger partial charge >= 0.3 is 0 Å². The summed E-state index contributed by atoms with van der Waals surface area (Å²) in [5, 5.41) is 14.2. The molecular formula is C25H38N2O3. The van der Waals surface area contributed by atoms with Gasteiger partial charge in [0.2, 0.25) is 0 Å². The number of phenolic OH excluding ortho intramolecular Hbond substituents is 1. The topological polar surface area (TPSA) is 54.0 Å². The number of morpholine rings is 1. The first-order chi connectivity index (χ1) is 14.6. The summed E-state index contributed by atoms with van der Waals surface area (Å²) in [5.74, 6) is 3.15. The van der Waals surface area contributed by atoms with Crippen LogP contribution in [0.3, 0.4) is 0 Å². The van der Waals surface area contributed by atoms with Crippen LogP contribution in [0.15, 0.2) is 12.1 Å². The van der Waals surface area contributed by atoms with Gasteiger partial charge in [0.1, 0.15) is 0 Å². The Bertz CT molecular complexity index is 763. The number of methoxy groups -OCH3 is 1. The fourth-order valence-corrected chi connectivity index (χ4v) is 7.31. The number of aromatic hydroxyl groups is 1. The van der Waals surface area contributed by atoms with Crippen molar-refractivity contribution in [2.75, 3.05) is 46.5 Å². The third-order valence-electron chi connectivity index (χ3n) is 8.95. The Balaban J connectivity index is 1.27. The van der Waals surface area contributed by atoms with E-state index in [0.717, 1.165) is 57.6 Å². The van der Waals surface area contributed by atoms with Crippen LogP contribution in [0, 0.1) is 17.3 Å². The standard InChI is InChI=1S/C25H38N2O3/c1-25-8-7-18-19(4-3-17-15-22(28)23(29-2)16-20(17)18)21(25)5-6-24(25)26-9-10-27-11-13-30-14-12-27/h15-16,18-19,21,24,26,28H,3-14H2,1-2H3/t18?,19?,21?,24-,25-/m0/s1. The molecule has 5 nitrogen and oxygen atoms in total. The number of aryl methyl sites for hydroxylation is 1. The van der Waals surface area contributed by atoms with Crippen LogP contribution in [0.25, 0.3) is 0 Å². The lowest BCUT2D eigenvalue weighted by molar-refractivity contribution is 0.0306. The van der Waals surface area contributed by atoms with E-state index >= 15 is 0 Å². The molecule has 0 spiro atoms. The van der Waals surface area contributed by atoms with E-state index in [1.165, 1.54) is 43.2 Å². The van der Waals surface area contributed by atoms with Crippen molar-refractivity contribution in [1.29, 1.82) is 0 Å². The molecule has 1 aliphatic heterocycles. The molecule has 1 saturated heterocycles. The largest absolute Gasteiger partial charge is 0.504 e. The molecule has 0 bridgehead atoms. The summed E-state index contributed by atoms with van der Waals surface area (Å²) in [6.45, 7) is 8.74. The predicted octanol–water partition coefficient (Wildman–Crippen LogP) is 3.55. The van der Waals surface area contributed by atoms with Gasteiger partial charge in [0.25, 0.3) is 0 Å². The van der Waals surface area contributed by atoms with Crippen molar-refractivity contribution in [1.82, 2.24) is 10.2 Å². The van der Waals surface area contributed by atoms with E-state index in [-0.39, 0.29) is 0 Å². The maximum atomic E-state index is 10.2. The highest BCUT2D eigenvalue weighted by Gasteiger charge is 2.54. The van der Waals surface area contributed by atoms with E-state index in [1.54, 1.807) is 7.11 Å². The van der Waals surface area contributed by atoms with Crippen LogP contribution in [-0.2, 0) is 11.2 Å². The van der Waals surface area contributed by atoms with Gasteiger partial charge in [-0.25, -0.2) is 0 Å². The third-order valence-corrected chi connectivity index (χ3v) is 8.95. The first-order valence-corrected chi connectivity index (χ1v) is 12.0. The number of benzene rings is 1. The second-order valence-corrected chi connectivity index (χ2v) is 10.2. The smallest absolute Gasteiger partial charge is 0.160 e. The van der Waals surface area contributed by atoms with Gasteiger partial charge in [0.05, 0.1) is 20.3 Å². The molecule has 0 aromatic heterocycles. The lowest BCUT2D eigenvalue weighted by Crippen LogP contribution is -2.50. The van der Waals surface area contributed by atoms with E-state index in [4.69, 9.17) is 9.47 Å². The van der Waals surface area contributed by atoms with Crippen LogP contribution in [0.1, 0.15) is 56.1 Å². The van der Waals surface area contributed by atoms with Crippen LogP contribution in [0.5, 0.6) is 11.5 Å². The number of hydrogen-bond acceptors (Lipinski definition) is 5. The van der Waals surface area contributed by atoms with Crippen molar-refractivity contribution in [3.63, 3.8) is 0 Å². The zero-order valence-electron chi connectivity index (χ0n) is 18.7. The second-order valence-electron chi connectivity index (χ2n) is 10.2. The van der Waals surface area contributed by atoms with Crippen molar-refractivity contribution in [2.45, 2.75) is 57.4 Å². The van der Waals surface area contributed by atoms with Crippen molar-refractivity contribution in [3.8, 4) is 11.5 Å². The summed E-state index contributed by atoms with van der Waals surface area (Å²) < 4.78 is 10.9. The van der Waals surface area contributed by atoms with Gasteiger partial charge in [-0.05, 0) is 85.0 Å². The summed E-state index contributed by atoms with van der Waals surface area (Å²) in [4.78, 5) is 2.53. The fraction of sp³-hybridized carbons (Fsp3) is 0.760. The fourth-order valence-electron chi connectivity index (χ4n) is 7.31. The molecule has 1 aromatic rings. The molecule has 4 aliphatic rings. The van der Waals surface area contributed by atoms with Crippen LogP contribution >= 0.6 is 0 Å². The molecule has 2 N–H and O–H groups in total. The third kappa shape index (κ3) is 3.53. The van der Waals surface area contributed by atoms with Crippen LogP contribution in [0.4, 0.5) is 0 Å². The molecule has 166 valence electrons. The van der Waals surface area contributed by atoms with Gasteiger partial charge in [0.15, 0.2) is 11.5 Å². The zero-order chi connectivity index (χ0) is 20.7. The predicted molar refractivity (Wildman–Crippen MR) is 118 cm³/mol. The van der Waals surface area contributed by atoms with E-state index in [1.807, 2.05) is 6.07 Å². The summed E-state index contributed by atoms with van der Waals surface area (Å²) in [7, 11) is 1.66. The van der Waals surface area contributed by atoms with Gasteiger partial charge in [-0.3, -0.25) is 4.90 Å². The van der Waals surface area contributed by atoms with Crippen LogP contribution < -0.4 is 10.1 Å². The van der Waals surface area contributed by atoms with Crippen molar-refractivity contribution in [3.05, 3.63) is 23.3 Å². The maximum absolute atomic E-state index is 10.2. The quantitative estimate of drug-likeness (QED) is 0.772. The molecule has 5 atom stereocenters. The lowest BCUT2D eigenvalue weighted by Gasteiger charge is -2.51. The van der Waals surface area contributed by atoms with Gasteiger partial charge in [-0.2, -0.15) is 0 Å². The average Bonchev–Trinajstić information content (AvgIpc) is 3.10. The number of ether oxygens (including phenoxy) is 2. The number of hydrogen-bond donors (Lipinski definition) is 2. The first kappa shape index (κ1) is 20.6. The molecule has 3 unspecified atom stereocenters. The number of fused-ring (bicyclic) bond motifs is 5. The minimum Gasteiger partial charge on any atom is -0.504 e. The Hall–Kier alpha value is -1.30. The molecule has 5 heteroatoms. The van der Waals surface area contributed by atoms with E-state index < -0.39 is 0 Å². The van der Waals surface area contributed by atoms with Crippen molar-refractivity contribution in [2.24, 2.45) is 17.3 Å². The van der Waals surface area contributed by atoms with E-state index in [0.29, 0.717) is 28.9 Å². The lowest BCUT2D eigenvalue weighted by atomic mass is 9.55. The monoisotopic (exact) mass is 414 g/mol. The maximum Gasteiger partial charge on any atom is 0.160 e. The van der Waals surface area contributed by atoms with Crippen molar-refractivity contribution < 1.29 is 14.6 Å². The Kier molecular flexibility index (Phi) is 5.72. The van der Waals surface area contributed by atoms with Gasteiger partial charge in [-0.1, -0.05) is 6.92 Å². The summed E-state index contributed by atoms with van der Waals surface area (Å²) in [6, 6.07) is 4.75. The highest BCUT2D eigenvalue weighted by molar-refractivity contribution is 5.49. The van der Waals surface area contributed by atoms with Crippen LogP contribution in [-0.4, -0.2) is 62.6 Å². The van der Waals surface area contributed by atoms with E-state index in [9.17, 15) is 5.11 Å². The van der Waals surface area contributed by atoms with Gasteiger partial charge in [-0.15, -0.1) is 0 Å². The van der Waals surface area contributed by atoms with E-state index in [2.05, 4.69) is 23.2 Å². The first-order valence-electron chi connectivity index (χ1n) is 12.0. The minimum atomic E-state index is 0.292. The summed E-state index contributed by atoms with van der Waals surface area (Å²) >= 11 is 0. The molecule has 5 rings (SSSR count). The van der Waals surface area contributed by atoms with Gasteiger partial charge < -0.3 is 19.9 Å². The van der Waals surface area contributed by atoms with Gasteiger partial charge in [0, 0.05) is 32.2 Å². The van der Waals surface area contributed by atoms with Crippen LogP contribution in [0.2, 0.25) is 0 Å². The molecule has 2 saturated carbocycles. The van der Waals surface area contributed by atoms with Crippen molar-refractivity contribution >= 4 is 0 Å². The SMILES string of the molecule is COc1cc2c(cc1O)CCC1C2CC[C@@]2(C)C1CC[C@@H]2NCCN1CCOCC1. The molecule has 30 heavy (non-hydrogen) atoms. The molecular weight excluding hydrogens is 376 g/mol. The molecule has 3 aliphatic carbocycles. The number of nitrogens with one attached hydrogen (secondary N) is 1. The molecule has 0 radical (unpaired) electrons. The minimum absolute atomic E-state index is 0.292. The number of phenols is 1. The Morgan fingerprint density at radius 1 is 1.20 bits per heavy atom. The highest BCUT2D eigenvalue weighted by Crippen LogP contribution is 2.61. The number of nitrogens with zero attached hydrogens (tertiary/aromatic N) is 1. The highest BCUT2D eigenvalue weighted by atomic mass is 16.5. The summed E-state index contributed by atoms with van der Waals surface area (Å²) in [5.41, 5.74) is 3.22. The molecule has 0 amide bonds. The average molecular weight is 415 g/mol. The zero-order valence-corrected chi connectivity index (χ0v) is 18.7. The second kappa shape index (κ2) is 8.33. The summed E-state index contributed by atoms with van der Waals surface area (Å²) in [6.07, 6.45) is 7.60. The Morgan fingerprint density at radius 3 is 2.83 bits per heavy atom. The Morgan fingerprint density at radius 2 is 2.03 bits per heavy atom. The number of rotatable bonds is 5. The molecule has 3 fully saturated rings. The molecule has 1 heterocycles.